The summed E-state index contributed by atoms with van der Waals surface area (Å²) in [5, 5.41) is 10.2. The van der Waals surface area contributed by atoms with Gasteiger partial charge in [-0.2, -0.15) is 5.26 Å². The second-order valence-corrected chi connectivity index (χ2v) is 7.49. The van der Waals surface area contributed by atoms with Gasteiger partial charge in [0, 0.05) is 23.6 Å². The van der Waals surface area contributed by atoms with E-state index in [0.717, 1.165) is 22.9 Å². The van der Waals surface area contributed by atoms with Crippen molar-refractivity contribution in [2.24, 2.45) is 5.41 Å². The largest absolute Gasteiger partial charge is 0.361 e. The van der Waals surface area contributed by atoms with Crippen molar-refractivity contribution in [3.63, 3.8) is 0 Å². The van der Waals surface area contributed by atoms with Gasteiger partial charge in [-0.3, -0.25) is 0 Å². The fraction of sp³-hybridized carbons (Fsp3) is 0.400. The van der Waals surface area contributed by atoms with Crippen molar-refractivity contribution in [2.45, 2.75) is 25.8 Å². The maximum Gasteiger partial charge on any atom is 0.213 e. The van der Waals surface area contributed by atoms with E-state index in [2.05, 4.69) is 15.8 Å². The van der Waals surface area contributed by atoms with Crippen LogP contribution in [0, 0.1) is 16.7 Å². The molecule has 2 aromatic rings. The number of sulfonamides is 1. The summed E-state index contributed by atoms with van der Waals surface area (Å²) in [4.78, 5) is 3.10. The summed E-state index contributed by atoms with van der Waals surface area (Å²) in [6, 6.07) is 9.85. The third-order valence-corrected chi connectivity index (χ3v) is 5.70. The molecule has 0 amide bonds. The third-order valence-electron chi connectivity index (χ3n) is 4.18. The molecule has 0 bridgehead atoms. The second kappa shape index (κ2) is 5.17. The van der Waals surface area contributed by atoms with Gasteiger partial charge in [-0.05, 0) is 30.5 Å². The molecular weight excluding hydrogens is 286 g/mol. The number of nitrogens with one attached hydrogen (secondary N) is 2. The van der Waals surface area contributed by atoms with Crippen LogP contribution in [0.4, 0.5) is 0 Å². The topological polar surface area (TPSA) is 85.8 Å². The van der Waals surface area contributed by atoms with E-state index in [0.29, 0.717) is 12.8 Å². The third kappa shape index (κ3) is 2.80. The Kier molecular flexibility index (Phi) is 3.47. The molecule has 0 atom stereocenters. The van der Waals surface area contributed by atoms with Gasteiger partial charge >= 0.3 is 0 Å². The maximum absolute atomic E-state index is 12.2. The number of hydrogen-bond donors (Lipinski definition) is 2. The predicted octanol–water partition coefficient (Wildman–Crippen LogP) is 2.28. The van der Waals surface area contributed by atoms with Gasteiger partial charge in [0.2, 0.25) is 10.0 Å². The van der Waals surface area contributed by atoms with Crippen molar-refractivity contribution in [3.8, 4) is 6.07 Å². The number of fused-ring (bicyclic) bond motifs is 1. The summed E-state index contributed by atoms with van der Waals surface area (Å²) in [5.41, 5.74) is 1.24. The van der Waals surface area contributed by atoms with Crippen molar-refractivity contribution < 1.29 is 8.42 Å². The SMILES string of the molecule is N#CC1(CS(=O)(=O)NCc2cccc3[nH]ccc23)CCC1. The van der Waals surface area contributed by atoms with E-state index in [-0.39, 0.29) is 12.3 Å². The lowest BCUT2D eigenvalue weighted by Crippen LogP contribution is -2.40. The molecule has 1 aromatic heterocycles. The molecule has 1 aliphatic rings. The van der Waals surface area contributed by atoms with Crippen LogP contribution in [0.3, 0.4) is 0 Å². The lowest BCUT2D eigenvalue weighted by atomic mass is 9.72. The van der Waals surface area contributed by atoms with Gasteiger partial charge in [0.1, 0.15) is 0 Å². The maximum atomic E-state index is 12.2. The van der Waals surface area contributed by atoms with Gasteiger partial charge < -0.3 is 4.98 Å². The van der Waals surface area contributed by atoms with Gasteiger partial charge in [-0.1, -0.05) is 18.6 Å². The Balaban J connectivity index is 1.72. The molecule has 110 valence electrons. The van der Waals surface area contributed by atoms with Crippen LogP contribution >= 0.6 is 0 Å². The van der Waals surface area contributed by atoms with Crippen LogP contribution in [0.25, 0.3) is 10.9 Å². The van der Waals surface area contributed by atoms with E-state index in [9.17, 15) is 8.42 Å². The zero-order chi connectivity index (χ0) is 14.9. The Bertz CT molecular complexity index is 798. The molecule has 1 heterocycles. The van der Waals surface area contributed by atoms with Gasteiger partial charge in [-0.25, -0.2) is 13.1 Å². The van der Waals surface area contributed by atoms with E-state index in [1.54, 1.807) is 0 Å². The lowest BCUT2D eigenvalue weighted by Gasteiger charge is -2.34. The molecule has 0 spiro atoms. The number of rotatable bonds is 5. The highest BCUT2D eigenvalue weighted by Gasteiger charge is 2.41. The van der Waals surface area contributed by atoms with E-state index in [1.165, 1.54) is 0 Å². The first-order valence-corrected chi connectivity index (χ1v) is 8.62. The van der Waals surface area contributed by atoms with Crippen molar-refractivity contribution in [2.75, 3.05) is 5.75 Å². The summed E-state index contributed by atoms with van der Waals surface area (Å²) in [6.07, 6.45) is 4.13. The van der Waals surface area contributed by atoms with Crippen LogP contribution in [-0.2, 0) is 16.6 Å². The quantitative estimate of drug-likeness (QED) is 0.888. The normalized spacial score (nSPS) is 17.3. The minimum absolute atomic E-state index is 0.0976. The molecule has 0 radical (unpaired) electrons. The fourth-order valence-electron chi connectivity index (χ4n) is 2.80. The number of hydrogen-bond acceptors (Lipinski definition) is 3. The van der Waals surface area contributed by atoms with E-state index in [4.69, 9.17) is 5.26 Å². The number of H-pyrrole nitrogens is 1. The lowest BCUT2D eigenvalue weighted by molar-refractivity contribution is 0.247. The first-order chi connectivity index (χ1) is 10.0. The molecule has 5 nitrogen and oxygen atoms in total. The molecule has 2 N–H and O–H groups in total. The zero-order valence-corrected chi connectivity index (χ0v) is 12.4. The molecule has 0 unspecified atom stereocenters. The van der Waals surface area contributed by atoms with Crippen LogP contribution < -0.4 is 4.72 Å². The smallest absolute Gasteiger partial charge is 0.213 e. The van der Waals surface area contributed by atoms with E-state index in [1.807, 2.05) is 30.5 Å². The Morgan fingerprint density at radius 1 is 1.33 bits per heavy atom. The van der Waals surface area contributed by atoms with Gasteiger partial charge in [0.15, 0.2) is 0 Å². The molecule has 3 rings (SSSR count). The fourth-order valence-corrected chi connectivity index (χ4v) is 4.36. The average Bonchev–Trinajstić information content (AvgIpc) is 2.89. The first-order valence-electron chi connectivity index (χ1n) is 6.97. The van der Waals surface area contributed by atoms with Crippen molar-refractivity contribution in [1.29, 1.82) is 5.26 Å². The highest BCUT2D eigenvalue weighted by molar-refractivity contribution is 7.89. The van der Waals surface area contributed by atoms with Crippen LogP contribution in [0.5, 0.6) is 0 Å². The number of nitriles is 1. The van der Waals surface area contributed by atoms with Gasteiger partial charge in [0.05, 0.1) is 17.2 Å². The highest BCUT2D eigenvalue weighted by Crippen LogP contribution is 2.41. The Morgan fingerprint density at radius 2 is 2.14 bits per heavy atom. The molecule has 1 aliphatic carbocycles. The monoisotopic (exact) mass is 303 g/mol. The molecule has 0 aliphatic heterocycles. The van der Waals surface area contributed by atoms with Crippen LogP contribution in [0.2, 0.25) is 0 Å². The van der Waals surface area contributed by atoms with Crippen molar-refractivity contribution in [1.82, 2.24) is 9.71 Å². The van der Waals surface area contributed by atoms with E-state index >= 15 is 0 Å². The number of benzene rings is 1. The molecule has 1 saturated carbocycles. The molecule has 1 aromatic carbocycles. The Hall–Kier alpha value is -1.84. The van der Waals surface area contributed by atoms with Crippen LogP contribution in [0.1, 0.15) is 24.8 Å². The molecule has 0 saturated heterocycles. The summed E-state index contributed by atoms with van der Waals surface area (Å²) < 4.78 is 27.0. The van der Waals surface area contributed by atoms with Crippen molar-refractivity contribution in [3.05, 3.63) is 36.0 Å². The predicted molar refractivity (Wildman–Crippen MR) is 80.8 cm³/mol. The van der Waals surface area contributed by atoms with E-state index < -0.39 is 15.4 Å². The molecule has 6 heteroatoms. The molecular formula is C15H17N3O2S. The van der Waals surface area contributed by atoms with Crippen molar-refractivity contribution >= 4 is 20.9 Å². The number of aromatic amines is 1. The summed E-state index contributed by atoms with van der Waals surface area (Å²) in [5.74, 6) is -0.0976. The van der Waals surface area contributed by atoms with Gasteiger partial charge in [0.25, 0.3) is 0 Å². The van der Waals surface area contributed by atoms with Crippen LogP contribution in [-0.4, -0.2) is 19.2 Å². The minimum atomic E-state index is -3.44. The summed E-state index contributed by atoms with van der Waals surface area (Å²) in [6.45, 7) is 0.249. The Morgan fingerprint density at radius 3 is 2.81 bits per heavy atom. The highest BCUT2D eigenvalue weighted by atomic mass is 32.2. The Labute approximate surface area is 124 Å². The standard InChI is InChI=1S/C15H17N3O2S/c16-10-15(6-2-7-15)11-21(19,20)18-9-12-3-1-4-14-13(12)5-8-17-14/h1,3-5,8,17-18H,2,6-7,9,11H2. The number of aromatic nitrogens is 1. The zero-order valence-electron chi connectivity index (χ0n) is 11.6. The molecule has 21 heavy (non-hydrogen) atoms. The summed E-state index contributed by atoms with van der Waals surface area (Å²) in [7, 11) is -3.44. The minimum Gasteiger partial charge on any atom is -0.361 e. The van der Waals surface area contributed by atoms with Crippen LogP contribution in [0.15, 0.2) is 30.5 Å². The second-order valence-electron chi connectivity index (χ2n) is 5.68. The number of nitrogens with zero attached hydrogens (tertiary/aromatic N) is 1. The first kappa shape index (κ1) is 14.1. The molecule has 1 fully saturated rings. The summed E-state index contributed by atoms with van der Waals surface area (Å²) >= 11 is 0. The van der Waals surface area contributed by atoms with Gasteiger partial charge in [-0.15, -0.1) is 0 Å². The average molecular weight is 303 g/mol.